The second-order valence-electron chi connectivity index (χ2n) is 8.09. The smallest absolute Gasteiger partial charge is 0.239 e. The lowest BCUT2D eigenvalue weighted by atomic mass is 10.2. The van der Waals surface area contributed by atoms with Crippen molar-refractivity contribution >= 4 is 17.5 Å². The molecule has 2 aromatic rings. The van der Waals surface area contributed by atoms with Crippen molar-refractivity contribution in [1.82, 2.24) is 14.7 Å². The van der Waals surface area contributed by atoms with Gasteiger partial charge in [-0.3, -0.25) is 19.4 Å². The fourth-order valence-corrected chi connectivity index (χ4v) is 3.62. The van der Waals surface area contributed by atoms with Crippen molar-refractivity contribution in [2.75, 3.05) is 45.1 Å². The van der Waals surface area contributed by atoms with E-state index in [1.165, 1.54) is 5.56 Å². The average molecular weight is 409 g/mol. The van der Waals surface area contributed by atoms with Crippen molar-refractivity contribution < 1.29 is 9.59 Å². The third-order valence-electron chi connectivity index (χ3n) is 5.68. The molecule has 1 aliphatic rings. The van der Waals surface area contributed by atoms with Crippen molar-refractivity contribution in [3.63, 3.8) is 0 Å². The van der Waals surface area contributed by atoms with Crippen LogP contribution in [0.25, 0.3) is 0 Å². The van der Waals surface area contributed by atoms with Crippen LogP contribution in [0, 0.1) is 6.92 Å². The zero-order valence-electron chi connectivity index (χ0n) is 18.2. The minimum absolute atomic E-state index is 0.0833. The van der Waals surface area contributed by atoms with Crippen LogP contribution < -0.4 is 5.32 Å². The molecule has 2 aromatic carbocycles. The van der Waals surface area contributed by atoms with E-state index < -0.39 is 0 Å². The number of nitrogens with zero attached hydrogens (tertiary/aromatic N) is 3. The summed E-state index contributed by atoms with van der Waals surface area (Å²) in [5, 5.41) is 2.89. The summed E-state index contributed by atoms with van der Waals surface area (Å²) in [5.74, 6) is -0.0336. The third kappa shape index (κ3) is 6.15. The molecule has 30 heavy (non-hydrogen) atoms. The second kappa shape index (κ2) is 10.4. The zero-order chi connectivity index (χ0) is 21.5. The normalized spacial score (nSPS) is 15.8. The number of nitrogens with one attached hydrogen (secondary N) is 1. The number of hydrogen-bond acceptors (Lipinski definition) is 4. The molecule has 1 N–H and O–H groups in total. The number of carbonyl (C=O) groups excluding carboxylic acids is 2. The number of carbonyl (C=O) groups is 2. The van der Waals surface area contributed by atoms with Crippen LogP contribution in [0.1, 0.15) is 18.1 Å². The Balaban J connectivity index is 1.44. The predicted octanol–water partition coefficient (Wildman–Crippen LogP) is 2.60. The van der Waals surface area contributed by atoms with Gasteiger partial charge in [0, 0.05) is 38.4 Å². The lowest BCUT2D eigenvalue weighted by Crippen LogP contribution is -2.54. The molecule has 0 aromatic heterocycles. The highest BCUT2D eigenvalue weighted by Crippen LogP contribution is 2.12. The second-order valence-corrected chi connectivity index (χ2v) is 8.09. The highest BCUT2D eigenvalue weighted by atomic mass is 16.2. The largest absolute Gasteiger partial charge is 0.339 e. The molecule has 1 fully saturated rings. The summed E-state index contributed by atoms with van der Waals surface area (Å²) in [6, 6.07) is 17.8. The molecule has 0 radical (unpaired) electrons. The quantitative estimate of drug-likeness (QED) is 0.765. The summed E-state index contributed by atoms with van der Waals surface area (Å²) in [6.45, 7) is 8.15. The average Bonchev–Trinajstić information content (AvgIpc) is 2.75. The molecular formula is C24H32N4O2. The first-order chi connectivity index (χ1) is 14.4. The first-order valence-electron chi connectivity index (χ1n) is 10.5. The van der Waals surface area contributed by atoms with E-state index in [-0.39, 0.29) is 24.4 Å². The summed E-state index contributed by atoms with van der Waals surface area (Å²) < 4.78 is 0. The van der Waals surface area contributed by atoms with Gasteiger partial charge in [-0.25, -0.2) is 0 Å². The van der Waals surface area contributed by atoms with E-state index >= 15 is 0 Å². The first kappa shape index (κ1) is 22.0. The number of benzene rings is 2. The lowest BCUT2D eigenvalue weighted by molar-refractivity contribution is -0.138. The molecule has 1 saturated heterocycles. The van der Waals surface area contributed by atoms with E-state index in [4.69, 9.17) is 0 Å². The molecule has 3 rings (SSSR count). The number of rotatable bonds is 7. The van der Waals surface area contributed by atoms with E-state index in [1.54, 1.807) is 0 Å². The van der Waals surface area contributed by atoms with E-state index in [9.17, 15) is 9.59 Å². The monoisotopic (exact) mass is 408 g/mol. The Labute approximate surface area is 179 Å². The van der Waals surface area contributed by atoms with Crippen LogP contribution in [0.15, 0.2) is 54.6 Å². The first-order valence-corrected chi connectivity index (χ1v) is 10.5. The number of aryl methyl sites for hydroxylation is 1. The maximum Gasteiger partial charge on any atom is 0.239 e. The van der Waals surface area contributed by atoms with Gasteiger partial charge >= 0.3 is 0 Å². The summed E-state index contributed by atoms with van der Waals surface area (Å²) in [4.78, 5) is 31.4. The van der Waals surface area contributed by atoms with Gasteiger partial charge in [0.05, 0.1) is 12.6 Å². The Hall–Kier alpha value is -2.70. The number of anilines is 1. The standard InChI is InChI=1S/C24H32N4O2/c1-19-9-11-22(12-10-19)25-23(29)18-26(3)20(2)24(30)28-15-13-27(14-16-28)17-21-7-5-4-6-8-21/h4-12,20H,13-18H2,1-3H3,(H,25,29). The van der Waals surface area contributed by atoms with Gasteiger partial charge in [-0.15, -0.1) is 0 Å². The van der Waals surface area contributed by atoms with Gasteiger partial charge < -0.3 is 10.2 Å². The van der Waals surface area contributed by atoms with Gasteiger partial charge in [0.15, 0.2) is 0 Å². The molecule has 160 valence electrons. The van der Waals surface area contributed by atoms with E-state index in [1.807, 2.05) is 61.0 Å². The molecular weight excluding hydrogens is 376 g/mol. The van der Waals surface area contributed by atoms with Crippen molar-refractivity contribution in [3.8, 4) is 0 Å². The Kier molecular flexibility index (Phi) is 7.60. The highest BCUT2D eigenvalue weighted by Gasteiger charge is 2.27. The fraction of sp³-hybridized carbons (Fsp3) is 0.417. The Bertz CT molecular complexity index is 830. The number of likely N-dealkylation sites (N-methyl/N-ethyl adjacent to an activating group) is 1. The fourth-order valence-electron chi connectivity index (χ4n) is 3.62. The summed E-state index contributed by atoms with van der Waals surface area (Å²) >= 11 is 0. The molecule has 0 aliphatic carbocycles. The van der Waals surface area contributed by atoms with Crippen LogP contribution in [0.3, 0.4) is 0 Å². The molecule has 1 aliphatic heterocycles. The predicted molar refractivity (Wildman–Crippen MR) is 120 cm³/mol. The maximum absolute atomic E-state index is 12.9. The highest BCUT2D eigenvalue weighted by molar-refractivity contribution is 5.92. The molecule has 2 amide bonds. The van der Waals surface area contributed by atoms with Crippen LogP contribution >= 0.6 is 0 Å². The maximum atomic E-state index is 12.9. The number of piperazine rings is 1. The number of amides is 2. The van der Waals surface area contributed by atoms with Crippen LogP contribution in [-0.2, 0) is 16.1 Å². The summed E-state index contributed by atoms with van der Waals surface area (Å²) in [6.07, 6.45) is 0. The van der Waals surface area contributed by atoms with E-state index in [0.29, 0.717) is 0 Å². The Morgan fingerprint density at radius 3 is 2.27 bits per heavy atom. The number of hydrogen-bond donors (Lipinski definition) is 1. The molecule has 6 nitrogen and oxygen atoms in total. The van der Waals surface area contributed by atoms with Crippen molar-refractivity contribution in [3.05, 3.63) is 65.7 Å². The van der Waals surface area contributed by atoms with Gasteiger partial charge in [0.25, 0.3) is 0 Å². The van der Waals surface area contributed by atoms with Gasteiger partial charge in [-0.05, 0) is 38.6 Å². The molecule has 1 atom stereocenters. The van der Waals surface area contributed by atoms with Gasteiger partial charge in [-0.2, -0.15) is 0 Å². The van der Waals surface area contributed by atoms with Gasteiger partial charge in [-0.1, -0.05) is 48.0 Å². The van der Waals surface area contributed by atoms with Gasteiger partial charge in [0.1, 0.15) is 0 Å². The Morgan fingerprint density at radius 1 is 1.00 bits per heavy atom. The minimum Gasteiger partial charge on any atom is -0.339 e. The summed E-state index contributed by atoms with van der Waals surface area (Å²) in [5.41, 5.74) is 3.21. The minimum atomic E-state index is -0.338. The topological polar surface area (TPSA) is 55.9 Å². The molecule has 1 unspecified atom stereocenters. The van der Waals surface area contributed by atoms with Crippen LogP contribution in [0.2, 0.25) is 0 Å². The van der Waals surface area contributed by atoms with Crippen molar-refractivity contribution in [1.29, 1.82) is 0 Å². The molecule has 6 heteroatoms. The van der Waals surface area contributed by atoms with E-state index in [0.717, 1.165) is 44.0 Å². The van der Waals surface area contributed by atoms with Crippen molar-refractivity contribution in [2.45, 2.75) is 26.4 Å². The third-order valence-corrected chi connectivity index (χ3v) is 5.68. The molecule has 0 spiro atoms. The zero-order valence-corrected chi connectivity index (χ0v) is 18.2. The van der Waals surface area contributed by atoms with Crippen LogP contribution in [0.4, 0.5) is 5.69 Å². The van der Waals surface area contributed by atoms with Crippen LogP contribution in [-0.4, -0.2) is 72.3 Å². The van der Waals surface area contributed by atoms with Crippen molar-refractivity contribution in [2.24, 2.45) is 0 Å². The van der Waals surface area contributed by atoms with Gasteiger partial charge in [0.2, 0.25) is 11.8 Å². The molecule has 0 saturated carbocycles. The lowest BCUT2D eigenvalue weighted by Gasteiger charge is -2.37. The Morgan fingerprint density at radius 2 is 1.63 bits per heavy atom. The van der Waals surface area contributed by atoms with E-state index in [2.05, 4.69) is 34.5 Å². The molecule has 1 heterocycles. The van der Waals surface area contributed by atoms with Crippen LogP contribution in [0.5, 0.6) is 0 Å². The SMILES string of the molecule is Cc1ccc(NC(=O)CN(C)C(C)C(=O)N2CCN(Cc3ccccc3)CC2)cc1. The summed E-state index contributed by atoms with van der Waals surface area (Å²) in [7, 11) is 1.82. The molecule has 0 bridgehead atoms.